The fourth-order valence-corrected chi connectivity index (χ4v) is 11.8. The predicted octanol–water partition coefficient (Wildman–Crippen LogP) is 0.788. The van der Waals surface area contributed by atoms with Crippen molar-refractivity contribution in [3.63, 3.8) is 0 Å². The van der Waals surface area contributed by atoms with Crippen LogP contribution in [-0.2, 0) is 23.8 Å². The molecule has 0 aromatic heterocycles. The minimum Gasteiger partial charge on any atom is -0.456 e. The lowest BCUT2D eigenvalue weighted by Gasteiger charge is -2.61. The fourth-order valence-electron chi connectivity index (χ4n) is 11.8. The molecule has 50 heavy (non-hydrogen) atoms. The number of nitrogens with one attached hydrogen (secondary N) is 2. The summed E-state index contributed by atoms with van der Waals surface area (Å²) in [5, 5.41) is 39.4. The maximum atomic E-state index is 13.8. The summed E-state index contributed by atoms with van der Waals surface area (Å²) in [6.07, 6.45) is 5.53. The van der Waals surface area contributed by atoms with Crippen LogP contribution in [0.5, 0.6) is 0 Å². The smallest absolute Gasteiger partial charge is 0.336 e. The molecule has 12 nitrogen and oxygen atoms in total. The lowest BCUT2D eigenvalue weighted by Crippen LogP contribution is -2.70. The molecule has 9 N–H and O–H groups in total. The molecular weight excluding hydrogens is 640 g/mol. The lowest BCUT2D eigenvalue weighted by atomic mass is 9.57. The highest BCUT2D eigenvalue weighted by atomic mass is 16.6. The number of esters is 1. The van der Waals surface area contributed by atoms with Crippen LogP contribution in [0.15, 0.2) is 34.4 Å². The van der Waals surface area contributed by atoms with Crippen LogP contribution >= 0.6 is 0 Å². The van der Waals surface area contributed by atoms with Gasteiger partial charge in [-0.1, -0.05) is 17.7 Å². The van der Waals surface area contributed by atoms with Crippen molar-refractivity contribution in [2.45, 2.75) is 114 Å². The van der Waals surface area contributed by atoms with Crippen LogP contribution in [0.1, 0.15) is 65.2 Å². The number of carbonyl (C=O) groups excluding carboxylic acids is 2. The third kappa shape index (κ3) is 5.60. The van der Waals surface area contributed by atoms with E-state index in [-0.39, 0.29) is 60.4 Å². The van der Waals surface area contributed by atoms with Crippen molar-refractivity contribution in [1.82, 2.24) is 10.6 Å². The maximum absolute atomic E-state index is 13.8. The summed E-state index contributed by atoms with van der Waals surface area (Å²) in [7, 11) is 0. The molecule has 8 aliphatic rings. The number of aliphatic hydroxyl groups excluding tert-OH is 3. The van der Waals surface area contributed by atoms with E-state index < -0.39 is 60.5 Å². The summed E-state index contributed by atoms with van der Waals surface area (Å²) in [4.78, 5) is 27.5. The van der Waals surface area contributed by atoms with Gasteiger partial charge in [-0.2, -0.15) is 0 Å². The van der Waals surface area contributed by atoms with Gasteiger partial charge in [-0.05, 0) is 101 Å². The highest BCUT2D eigenvalue weighted by molar-refractivity contribution is 5.88. The lowest BCUT2D eigenvalue weighted by molar-refractivity contribution is -0.294. The van der Waals surface area contributed by atoms with Crippen molar-refractivity contribution in [3.8, 4) is 0 Å². The van der Waals surface area contributed by atoms with E-state index in [2.05, 4.69) is 23.6 Å². The Kier molecular flexibility index (Phi) is 9.43. The first-order valence-electron chi connectivity index (χ1n) is 19.1. The van der Waals surface area contributed by atoms with E-state index in [1.807, 2.05) is 0 Å². The topological polar surface area (TPSA) is 199 Å². The van der Waals surface area contributed by atoms with Crippen molar-refractivity contribution in [3.05, 3.63) is 34.4 Å². The molecule has 0 spiro atoms. The van der Waals surface area contributed by atoms with Crippen LogP contribution in [0.3, 0.4) is 0 Å². The summed E-state index contributed by atoms with van der Waals surface area (Å²) in [6, 6.07) is 0. The van der Waals surface area contributed by atoms with E-state index in [0.29, 0.717) is 24.7 Å². The van der Waals surface area contributed by atoms with E-state index in [1.165, 1.54) is 16.7 Å². The summed E-state index contributed by atoms with van der Waals surface area (Å²) in [5.41, 5.74) is 16.6. The third-order valence-electron chi connectivity index (χ3n) is 14.3. The van der Waals surface area contributed by atoms with Gasteiger partial charge < -0.3 is 51.6 Å². The Bertz CT molecular complexity index is 1470. The molecule has 6 fully saturated rings. The number of hydrogen-bond donors (Lipinski definition) is 7. The number of fused-ring (bicyclic) bond motifs is 7. The SMILES string of the molecule is CC=C(CO)C(=O)O[C@H]1CC2C(O)C3C(=O)CC(CO)OC3C3CC4CCNC(N)C4C4=CCC5=C4[C@@H](CC4CNC(N)CC4C5)[C@]1(C)OC23. The average molecular weight is 697 g/mol. The zero-order valence-corrected chi connectivity index (χ0v) is 29.3. The molecule has 0 radical (unpaired) electrons. The minimum atomic E-state index is -1.06. The maximum Gasteiger partial charge on any atom is 0.336 e. The van der Waals surface area contributed by atoms with Crippen LogP contribution in [-0.4, -0.2) is 102 Å². The molecule has 5 heterocycles. The highest BCUT2D eigenvalue weighted by Gasteiger charge is 2.65. The van der Waals surface area contributed by atoms with Gasteiger partial charge in [0.2, 0.25) is 0 Å². The normalized spacial score (nSPS) is 48.7. The van der Waals surface area contributed by atoms with Crippen molar-refractivity contribution >= 4 is 11.8 Å². The Balaban J connectivity index is 1.30. The number of nitrogens with two attached hydrogens (primary N) is 2. The van der Waals surface area contributed by atoms with Crippen LogP contribution in [0.2, 0.25) is 0 Å². The molecule has 276 valence electrons. The number of rotatable bonds is 4. The van der Waals surface area contributed by atoms with E-state index in [9.17, 15) is 24.9 Å². The Morgan fingerprint density at radius 3 is 2.64 bits per heavy atom. The standard InChI is InChI=1S/C38H56N4O8/c1-3-17(15-43)37(47)49-28-13-24-33(46)32-27(45)12-22(16-44)48-35(32)25-9-19-6-7-41-36(40)31(19)23-5-4-18-8-20-11-29(39)42-14-21(20)10-26(30(18)23)38(28,2)50-34(24)25/h3,5,19-22,24-26,28-29,31-36,41-44,46H,4,6-16,39-40H2,1-2H3/t19?,20?,21?,22?,24?,25?,26-,28+,29?,31?,32?,33?,34?,35?,36?,38+/m1/s1. The first-order chi connectivity index (χ1) is 24.1. The second kappa shape index (κ2) is 13.4. The van der Waals surface area contributed by atoms with Gasteiger partial charge in [0.1, 0.15) is 17.5 Å². The largest absolute Gasteiger partial charge is 0.456 e. The van der Waals surface area contributed by atoms with Gasteiger partial charge in [-0.3, -0.25) is 4.79 Å². The van der Waals surface area contributed by atoms with Gasteiger partial charge in [0.15, 0.2) is 0 Å². The fraction of sp³-hybridized carbons (Fsp3) is 0.789. The Morgan fingerprint density at radius 1 is 1.06 bits per heavy atom. The number of aliphatic hydroxyl groups is 3. The zero-order chi connectivity index (χ0) is 35.1. The summed E-state index contributed by atoms with van der Waals surface area (Å²) in [5.74, 6) is -1.43. The van der Waals surface area contributed by atoms with E-state index in [4.69, 9.17) is 25.7 Å². The van der Waals surface area contributed by atoms with Crippen molar-refractivity contribution in [1.29, 1.82) is 0 Å². The van der Waals surface area contributed by atoms with Crippen molar-refractivity contribution in [2.24, 2.45) is 58.8 Å². The molecule has 3 aliphatic carbocycles. The second-order valence-electron chi connectivity index (χ2n) is 16.7. The average Bonchev–Trinajstić information content (AvgIpc) is 3.40. The molecule has 0 aromatic carbocycles. The van der Waals surface area contributed by atoms with Gasteiger partial charge in [-0.25, -0.2) is 4.79 Å². The Labute approximate surface area is 294 Å². The Hall–Kier alpha value is -2.00. The molecular formula is C38H56N4O8. The van der Waals surface area contributed by atoms with Gasteiger partial charge in [0.05, 0.1) is 61.5 Å². The molecule has 8 rings (SSSR count). The van der Waals surface area contributed by atoms with Gasteiger partial charge in [-0.15, -0.1) is 0 Å². The molecule has 5 saturated heterocycles. The highest BCUT2D eigenvalue weighted by Crippen LogP contribution is 2.60. The second-order valence-corrected chi connectivity index (χ2v) is 16.7. The molecule has 16 atom stereocenters. The quantitative estimate of drug-likeness (QED) is 0.161. The van der Waals surface area contributed by atoms with E-state index >= 15 is 0 Å². The molecule has 13 unspecified atom stereocenters. The zero-order valence-electron chi connectivity index (χ0n) is 29.3. The minimum absolute atomic E-state index is 0.0170. The summed E-state index contributed by atoms with van der Waals surface area (Å²) in [6.45, 7) is 4.63. The van der Waals surface area contributed by atoms with Crippen molar-refractivity contribution < 1.29 is 39.1 Å². The molecule has 1 saturated carbocycles. The number of Topliss-reactive ketones (excluding diaryl/α,β-unsaturated/α-hetero) is 1. The number of carbonyl (C=O) groups is 2. The van der Waals surface area contributed by atoms with Crippen molar-refractivity contribution in [2.75, 3.05) is 26.3 Å². The molecule has 0 amide bonds. The third-order valence-corrected chi connectivity index (χ3v) is 14.3. The number of hydrogen-bond acceptors (Lipinski definition) is 12. The Morgan fingerprint density at radius 2 is 1.88 bits per heavy atom. The van der Waals surface area contributed by atoms with E-state index in [0.717, 1.165) is 45.2 Å². The van der Waals surface area contributed by atoms with Gasteiger partial charge >= 0.3 is 5.97 Å². The van der Waals surface area contributed by atoms with Gasteiger partial charge in [0, 0.05) is 30.1 Å². The number of allylic oxidation sites excluding steroid dienone is 3. The van der Waals surface area contributed by atoms with Crippen LogP contribution in [0.4, 0.5) is 0 Å². The number of piperidine rings is 2. The number of ether oxygens (including phenoxy) is 3. The first kappa shape index (κ1) is 35.1. The molecule has 2 bridgehead atoms. The van der Waals surface area contributed by atoms with Crippen LogP contribution < -0.4 is 22.1 Å². The summed E-state index contributed by atoms with van der Waals surface area (Å²) < 4.78 is 20.5. The molecule has 5 aliphatic heterocycles. The molecule has 0 aromatic rings. The first-order valence-corrected chi connectivity index (χ1v) is 19.1. The number of ketones is 1. The summed E-state index contributed by atoms with van der Waals surface area (Å²) >= 11 is 0. The molecule has 12 heteroatoms. The van der Waals surface area contributed by atoms with Crippen LogP contribution in [0, 0.1) is 47.3 Å². The van der Waals surface area contributed by atoms with Gasteiger partial charge in [0.25, 0.3) is 0 Å². The van der Waals surface area contributed by atoms with Crippen LogP contribution in [0.25, 0.3) is 0 Å². The monoisotopic (exact) mass is 696 g/mol. The predicted molar refractivity (Wildman–Crippen MR) is 183 cm³/mol. The van der Waals surface area contributed by atoms with E-state index in [1.54, 1.807) is 13.0 Å².